The minimum Gasteiger partial charge on any atom is -0.508 e. The number of H-pyrrole nitrogens is 1. The molecule has 1 aromatic heterocycles. The highest BCUT2D eigenvalue weighted by Crippen LogP contribution is 2.24. The first-order valence-electron chi connectivity index (χ1n) is 6.98. The van der Waals surface area contributed by atoms with Gasteiger partial charge in [0.1, 0.15) is 5.75 Å². The number of rotatable bonds is 4. The molecule has 3 rings (SSSR count). The second-order valence-corrected chi connectivity index (χ2v) is 4.92. The van der Waals surface area contributed by atoms with Gasteiger partial charge in [0.25, 0.3) is 0 Å². The molecule has 2 aromatic carbocycles. The fourth-order valence-electron chi connectivity index (χ4n) is 2.21. The summed E-state index contributed by atoms with van der Waals surface area (Å²) in [7, 11) is 0. The SMILES string of the molecule is O=C(NCCc1ccccc1)Nc1n[nH]c2ccc(O)cc12. The van der Waals surface area contributed by atoms with Gasteiger partial charge >= 0.3 is 6.03 Å². The summed E-state index contributed by atoms with van der Waals surface area (Å²) in [4.78, 5) is 11.9. The standard InChI is InChI=1S/C16H16N4O2/c21-12-6-7-14-13(10-12)15(20-19-14)18-16(22)17-9-8-11-4-2-1-3-5-11/h1-7,10,21H,8-9H2,(H3,17,18,19,20,22). The number of aromatic hydroxyl groups is 1. The van der Waals surface area contributed by atoms with Gasteiger partial charge in [0.2, 0.25) is 0 Å². The number of aromatic nitrogens is 2. The van der Waals surface area contributed by atoms with Gasteiger partial charge in [0.05, 0.1) is 5.52 Å². The summed E-state index contributed by atoms with van der Waals surface area (Å²) < 4.78 is 0. The van der Waals surface area contributed by atoms with Gasteiger partial charge in [0, 0.05) is 11.9 Å². The average molecular weight is 296 g/mol. The number of nitrogens with zero attached hydrogens (tertiary/aromatic N) is 1. The van der Waals surface area contributed by atoms with E-state index >= 15 is 0 Å². The third kappa shape index (κ3) is 3.17. The fraction of sp³-hybridized carbons (Fsp3) is 0.125. The van der Waals surface area contributed by atoms with Crippen LogP contribution in [0.15, 0.2) is 48.5 Å². The highest BCUT2D eigenvalue weighted by Gasteiger charge is 2.09. The van der Waals surface area contributed by atoms with Gasteiger partial charge in [-0.2, -0.15) is 5.10 Å². The molecule has 22 heavy (non-hydrogen) atoms. The first-order valence-corrected chi connectivity index (χ1v) is 6.98. The Kier molecular flexibility index (Phi) is 3.91. The Hall–Kier alpha value is -3.02. The zero-order chi connectivity index (χ0) is 15.4. The first-order chi connectivity index (χ1) is 10.7. The van der Waals surface area contributed by atoms with Crippen LogP contribution in [0.1, 0.15) is 5.56 Å². The molecular formula is C16H16N4O2. The van der Waals surface area contributed by atoms with Crippen LogP contribution in [0, 0.1) is 0 Å². The van der Waals surface area contributed by atoms with E-state index in [1.807, 2.05) is 30.3 Å². The molecule has 1 heterocycles. The Bertz CT molecular complexity index is 783. The maximum atomic E-state index is 11.9. The lowest BCUT2D eigenvalue weighted by Crippen LogP contribution is -2.30. The number of phenols is 1. The van der Waals surface area contributed by atoms with Crippen LogP contribution in [0.4, 0.5) is 10.6 Å². The number of amides is 2. The second kappa shape index (κ2) is 6.17. The summed E-state index contributed by atoms with van der Waals surface area (Å²) in [5.41, 5.74) is 1.91. The van der Waals surface area contributed by atoms with E-state index in [1.165, 1.54) is 0 Å². The summed E-state index contributed by atoms with van der Waals surface area (Å²) >= 11 is 0. The quantitative estimate of drug-likeness (QED) is 0.596. The van der Waals surface area contributed by atoms with Crippen LogP contribution in [0.5, 0.6) is 5.75 Å². The number of hydrogen-bond donors (Lipinski definition) is 4. The molecule has 0 saturated heterocycles. The highest BCUT2D eigenvalue weighted by molar-refractivity contribution is 5.99. The van der Waals surface area contributed by atoms with E-state index < -0.39 is 0 Å². The number of benzene rings is 2. The second-order valence-electron chi connectivity index (χ2n) is 4.92. The van der Waals surface area contributed by atoms with Gasteiger partial charge in [-0.25, -0.2) is 4.79 Å². The van der Waals surface area contributed by atoms with Crippen molar-refractivity contribution in [2.75, 3.05) is 11.9 Å². The number of fused-ring (bicyclic) bond motifs is 1. The zero-order valence-corrected chi connectivity index (χ0v) is 11.8. The average Bonchev–Trinajstić information content (AvgIpc) is 2.90. The van der Waals surface area contributed by atoms with Crippen molar-refractivity contribution in [1.29, 1.82) is 0 Å². The number of nitrogens with one attached hydrogen (secondary N) is 3. The van der Waals surface area contributed by atoms with Crippen LogP contribution in [-0.4, -0.2) is 27.9 Å². The summed E-state index contributed by atoms with van der Waals surface area (Å²) in [6, 6.07) is 14.4. The number of carbonyl (C=O) groups is 1. The highest BCUT2D eigenvalue weighted by atomic mass is 16.3. The number of aromatic amines is 1. The maximum Gasteiger partial charge on any atom is 0.320 e. The number of urea groups is 1. The topological polar surface area (TPSA) is 90.0 Å². The van der Waals surface area contributed by atoms with Crippen LogP contribution in [0.2, 0.25) is 0 Å². The van der Waals surface area contributed by atoms with Crippen LogP contribution in [-0.2, 0) is 6.42 Å². The molecule has 0 bridgehead atoms. The molecule has 3 aromatic rings. The van der Waals surface area contributed by atoms with Gasteiger partial charge < -0.3 is 10.4 Å². The molecule has 0 aliphatic heterocycles. The van der Waals surface area contributed by atoms with Gasteiger partial charge in [0.15, 0.2) is 5.82 Å². The molecule has 0 aliphatic rings. The minimum atomic E-state index is -0.326. The molecule has 2 amide bonds. The van der Waals surface area contributed by atoms with E-state index in [-0.39, 0.29) is 11.8 Å². The van der Waals surface area contributed by atoms with Gasteiger partial charge in [-0.15, -0.1) is 0 Å². The molecule has 6 heteroatoms. The van der Waals surface area contributed by atoms with Crippen molar-refractivity contribution in [3.63, 3.8) is 0 Å². The molecular weight excluding hydrogens is 280 g/mol. The van der Waals surface area contributed by atoms with Crippen LogP contribution >= 0.6 is 0 Å². The van der Waals surface area contributed by atoms with Crippen LogP contribution in [0.25, 0.3) is 10.9 Å². The van der Waals surface area contributed by atoms with Crippen molar-refractivity contribution in [2.24, 2.45) is 0 Å². The molecule has 0 radical (unpaired) electrons. The zero-order valence-electron chi connectivity index (χ0n) is 11.8. The third-order valence-corrected chi connectivity index (χ3v) is 3.32. The lowest BCUT2D eigenvalue weighted by Gasteiger charge is -2.06. The van der Waals surface area contributed by atoms with E-state index in [0.717, 1.165) is 17.5 Å². The normalized spacial score (nSPS) is 10.5. The number of carbonyl (C=O) groups excluding carboxylic acids is 1. The Balaban J connectivity index is 1.58. The van der Waals surface area contributed by atoms with Gasteiger partial charge in [-0.3, -0.25) is 10.4 Å². The molecule has 0 atom stereocenters. The first kappa shape index (κ1) is 13.9. The molecule has 112 valence electrons. The predicted molar refractivity (Wildman–Crippen MR) is 84.9 cm³/mol. The molecule has 6 nitrogen and oxygen atoms in total. The van der Waals surface area contributed by atoms with Gasteiger partial charge in [-0.05, 0) is 30.2 Å². The summed E-state index contributed by atoms with van der Waals surface area (Å²) in [5.74, 6) is 0.518. The largest absolute Gasteiger partial charge is 0.508 e. The maximum absolute atomic E-state index is 11.9. The number of phenolic OH excluding ortho intramolecular Hbond substituents is 1. The molecule has 0 aliphatic carbocycles. The van der Waals surface area contributed by atoms with Crippen LogP contribution in [0.3, 0.4) is 0 Å². The predicted octanol–water partition coefficient (Wildman–Crippen LogP) is 2.63. The molecule has 4 N–H and O–H groups in total. The molecule has 0 saturated carbocycles. The number of hydrogen-bond acceptors (Lipinski definition) is 3. The molecule has 0 fully saturated rings. The van der Waals surface area contributed by atoms with Crippen molar-refractivity contribution < 1.29 is 9.90 Å². The Morgan fingerprint density at radius 3 is 2.82 bits per heavy atom. The molecule has 0 spiro atoms. The van der Waals surface area contributed by atoms with Crippen molar-refractivity contribution >= 4 is 22.8 Å². The van der Waals surface area contributed by atoms with E-state index in [0.29, 0.717) is 17.7 Å². The minimum absolute atomic E-state index is 0.126. The summed E-state index contributed by atoms with van der Waals surface area (Å²) in [5, 5.41) is 22.5. The van der Waals surface area contributed by atoms with Gasteiger partial charge in [-0.1, -0.05) is 30.3 Å². The number of anilines is 1. The van der Waals surface area contributed by atoms with E-state index in [9.17, 15) is 9.90 Å². The third-order valence-electron chi connectivity index (χ3n) is 3.32. The van der Waals surface area contributed by atoms with E-state index in [1.54, 1.807) is 18.2 Å². The Labute approximate surface area is 127 Å². The van der Waals surface area contributed by atoms with E-state index in [2.05, 4.69) is 20.8 Å². The van der Waals surface area contributed by atoms with E-state index in [4.69, 9.17) is 0 Å². The van der Waals surface area contributed by atoms with Crippen LogP contribution < -0.4 is 10.6 Å². The van der Waals surface area contributed by atoms with Crippen molar-refractivity contribution in [1.82, 2.24) is 15.5 Å². The van der Waals surface area contributed by atoms with Crippen molar-refractivity contribution in [2.45, 2.75) is 6.42 Å². The smallest absolute Gasteiger partial charge is 0.320 e. The Morgan fingerprint density at radius 1 is 1.18 bits per heavy atom. The van der Waals surface area contributed by atoms with Crippen molar-refractivity contribution in [3.05, 3.63) is 54.1 Å². The van der Waals surface area contributed by atoms with Crippen molar-refractivity contribution in [3.8, 4) is 5.75 Å². The molecule has 0 unspecified atom stereocenters. The lowest BCUT2D eigenvalue weighted by molar-refractivity contribution is 0.252. The Morgan fingerprint density at radius 2 is 2.00 bits per heavy atom. The monoisotopic (exact) mass is 296 g/mol. The fourth-order valence-corrected chi connectivity index (χ4v) is 2.21. The lowest BCUT2D eigenvalue weighted by atomic mass is 10.1. The summed E-state index contributed by atoms with van der Waals surface area (Å²) in [6.07, 6.45) is 0.760. The summed E-state index contributed by atoms with van der Waals surface area (Å²) in [6.45, 7) is 0.531.